The first-order chi connectivity index (χ1) is 12.7. The van der Waals surface area contributed by atoms with Crippen LogP contribution in [-0.2, 0) is 9.47 Å². The van der Waals surface area contributed by atoms with E-state index in [2.05, 4.69) is 5.32 Å². The van der Waals surface area contributed by atoms with Crippen molar-refractivity contribution in [3.8, 4) is 0 Å². The molecule has 1 fully saturated rings. The van der Waals surface area contributed by atoms with Crippen LogP contribution in [0, 0.1) is 20.2 Å². The molecule has 0 saturated carbocycles. The highest BCUT2D eigenvalue weighted by Crippen LogP contribution is 2.25. The molecule has 1 aromatic carbocycles. The van der Waals surface area contributed by atoms with E-state index in [1.165, 1.54) is 7.11 Å². The molecule has 0 spiro atoms. The first-order valence-electron chi connectivity index (χ1n) is 7.68. The summed E-state index contributed by atoms with van der Waals surface area (Å²) in [5.74, 6) is -0.963. The fraction of sp³-hybridized carbons (Fsp3) is 0.500. The SMILES string of the molecule is CO[C@H]1O[C@H](CN)[C@@H](O)[C@H](O)[C@@H]1NC(=O)c1cc([N+](=O)[O-])cc([N+](=O)[O-])c1. The number of nitrogens with zero attached hydrogens (tertiary/aromatic N) is 2. The van der Waals surface area contributed by atoms with E-state index in [0.717, 1.165) is 12.1 Å². The van der Waals surface area contributed by atoms with Gasteiger partial charge in [-0.25, -0.2) is 0 Å². The molecule has 0 unspecified atom stereocenters. The molecule has 5 N–H and O–H groups in total. The number of nitrogens with one attached hydrogen (secondary N) is 1. The zero-order valence-electron chi connectivity index (χ0n) is 14.0. The second kappa shape index (κ2) is 8.32. The lowest BCUT2D eigenvalue weighted by molar-refractivity contribution is -0.394. The van der Waals surface area contributed by atoms with Crippen LogP contribution in [0.4, 0.5) is 11.4 Å². The summed E-state index contributed by atoms with van der Waals surface area (Å²) in [5.41, 5.74) is 3.75. The van der Waals surface area contributed by atoms with E-state index < -0.39 is 57.8 Å². The number of carbonyl (C=O) groups is 1. The van der Waals surface area contributed by atoms with Gasteiger partial charge in [0.15, 0.2) is 6.29 Å². The Hall–Kier alpha value is -2.71. The van der Waals surface area contributed by atoms with Crippen LogP contribution >= 0.6 is 0 Å². The molecule has 5 atom stereocenters. The number of aliphatic hydroxyl groups is 2. The van der Waals surface area contributed by atoms with Crippen molar-refractivity contribution in [3.05, 3.63) is 44.0 Å². The molecular formula is C14H18N4O9. The fourth-order valence-electron chi connectivity index (χ4n) is 2.65. The van der Waals surface area contributed by atoms with Crippen molar-refractivity contribution in [2.24, 2.45) is 5.73 Å². The molecule has 1 heterocycles. The summed E-state index contributed by atoms with van der Waals surface area (Å²) >= 11 is 0. The highest BCUT2D eigenvalue weighted by molar-refractivity contribution is 5.95. The van der Waals surface area contributed by atoms with E-state index in [-0.39, 0.29) is 12.1 Å². The molecule has 148 valence electrons. The van der Waals surface area contributed by atoms with Gasteiger partial charge in [0.25, 0.3) is 17.3 Å². The quantitative estimate of drug-likeness (QED) is 0.334. The monoisotopic (exact) mass is 386 g/mol. The average molecular weight is 386 g/mol. The molecule has 0 radical (unpaired) electrons. The van der Waals surface area contributed by atoms with E-state index >= 15 is 0 Å². The number of ether oxygens (including phenoxy) is 2. The van der Waals surface area contributed by atoms with Crippen LogP contribution in [0.2, 0.25) is 0 Å². The number of non-ortho nitro benzene ring substituents is 2. The maximum absolute atomic E-state index is 12.4. The molecule has 1 aliphatic rings. The molecule has 2 rings (SSSR count). The van der Waals surface area contributed by atoms with Gasteiger partial charge in [-0.1, -0.05) is 0 Å². The second-order valence-corrected chi connectivity index (χ2v) is 5.75. The largest absolute Gasteiger partial charge is 0.388 e. The van der Waals surface area contributed by atoms with Crippen LogP contribution in [0.1, 0.15) is 10.4 Å². The molecule has 1 saturated heterocycles. The third-order valence-electron chi connectivity index (χ3n) is 4.05. The zero-order valence-corrected chi connectivity index (χ0v) is 14.0. The van der Waals surface area contributed by atoms with Gasteiger partial charge in [0.2, 0.25) is 0 Å². The minimum absolute atomic E-state index is 0.115. The standard InChI is InChI=1S/C14H18N4O9/c1-26-14-10(12(20)11(19)9(5-15)27-14)16-13(21)6-2-7(17(22)23)4-8(3-6)18(24)25/h2-4,9-12,14,19-20H,5,15H2,1H3,(H,16,21)/t9-,10+,11-,12-,14+/m1/s1. The summed E-state index contributed by atoms with van der Waals surface area (Å²) in [5, 5.41) is 44.4. The maximum Gasteiger partial charge on any atom is 0.277 e. The molecule has 0 aliphatic carbocycles. The van der Waals surface area contributed by atoms with Crippen LogP contribution < -0.4 is 11.1 Å². The molecule has 1 amide bonds. The Bertz CT molecular complexity index is 709. The molecule has 13 nitrogen and oxygen atoms in total. The first kappa shape index (κ1) is 20.6. The second-order valence-electron chi connectivity index (χ2n) is 5.75. The number of nitro groups is 2. The molecule has 13 heteroatoms. The Balaban J connectivity index is 2.30. The number of aliphatic hydroxyl groups excluding tert-OH is 2. The van der Waals surface area contributed by atoms with Gasteiger partial charge >= 0.3 is 0 Å². The number of hydrogen-bond donors (Lipinski definition) is 4. The van der Waals surface area contributed by atoms with Gasteiger partial charge in [-0.05, 0) is 0 Å². The van der Waals surface area contributed by atoms with E-state index in [4.69, 9.17) is 15.2 Å². The summed E-state index contributed by atoms with van der Waals surface area (Å²) in [6, 6.07) is 1.15. The number of hydrogen-bond acceptors (Lipinski definition) is 10. The topological polar surface area (TPSA) is 200 Å². The summed E-state index contributed by atoms with van der Waals surface area (Å²) in [6.07, 6.45) is -5.05. The highest BCUT2D eigenvalue weighted by Gasteiger charge is 2.45. The summed E-state index contributed by atoms with van der Waals surface area (Å²) < 4.78 is 10.4. The average Bonchev–Trinajstić information content (AvgIpc) is 2.65. The van der Waals surface area contributed by atoms with Gasteiger partial charge in [0, 0.05) is 25.8 Å². The van der Waals surface area contributed by atoms with Crippen LogP contribution in [-0.4, -0.2) is 70.3 Å². The Morgan fingerprint density at radius 2 is 1.78 bits per heavy atom. The number of methoxy groups -OCH3 is 1. The van der Waals surface area contributed by atoms with Gasteiger partial charge < -0.3 is 30.7 Å². The smallest absolute Gasteiger partial charge is 0.277 e. The van der Waals surface area contributed by atoms with Crippen LogP contribution in [0.5, 0.6) is 0 Å². The Kier molecular flexibility index (Phi) is 6.35. The lowest BCUT2D eigenvalue weighted by Crippen LogP contribution is -2.65. The lowest BCUT2D eigenvalue weighted by Gasteiger charge is -2.42. The van der Waals surface area contributed by atoms with E-state index in [9.17, 15) is 35.2 Å². The third-order valence-corrected chi connectivity index (χ3v) is 4.05. The predicted molar refractivity (Wildman–Crippen MR) is 87.7 cm³/mol. The van der Waals surface area contributed by atoms with Gasteiger partial charge in [0.1, 0.15) is 24.4 Å². The number of carbonyl (C=O) groups excluding carboxylic acids is 1. The van der Waals surface area contributed by atoms with Crippen LogP contribution in [0.15, 0.2) is 18.2 Å². The number of rotatable bonds is 6. The maximum atomic E-state index is 12.4. The molecule has 0 aromatic heterocycles. The Morgan fingerprint density at radius 1 is 1.22 bits per heavy atom. The number of nitrogens with two attached hydrogens (primary N) is 1. The molecule has 27 heavy (non-hydrogen) atoms. The summed E-state index contributed by atoms with van der Waals surface area (Å²) in [7, 11) is 1.24. The molecule has 1 aliphatic heterocycles. The van der Waals surface area contributed by atoms with Gasteiger partial charge in [-0.3, -0.25) is 25.0 Å². The van der Waals surface area contributed by atoms with Crippen molar-refractivity contribution in [1.82, 2.24) is 5.32 Å². The molecule has 0 bridgehead atoms. The molecule has 1 aromatic rings. The van der Waals surface area contributed by atoms with Crippen molar-refractivity contribution in [3.63, 3.8) is 0 Å². The van der Waals surface area contributed by atoms with Gasteiger partial charge in [-0.15, -0.1) is 0 Å². The summed E-state index contributed by atoms with van der Waals surface area (Å²) in [6.45, 7) is -0.115. The van der Waals surface area contributed by atoms with Crippen molar-refractivity contribution in [1.29, 1.82) is 0 Å². The van der Waals surface area contributed by atoms with Crippen LogP contribution in [0.3, 0.4) is 0 Å². The number of nitro benzene ring substituents is 2. The third kappa shape index (κ3) is 4.35. The van der Waals surface area contributed by atoms with Crippen LogP contribution in [0.25, 0.3) is 0 Å². The Labute approximate surface area is 152 Å². The van der Waals surface area contributed by atoms with Crippen molar-refractivity contribution < 1.29 is 34.3 Å². The predicted octanol–water partition coefficient (Wildman–Crippen LogP) is -1.35. The molecular weight excluding hydrogens is 368 g/mol. The minimum Gasteiger partial charge on any atom is -0.388 e. The Morgan fingerprint density at radius 3 is 2.22 bits per heavy atom. The van der Waals surface area contributed by atoms with Crippen molar-refractivity contribution >= 4 is 17.3 Å². The first-order valence-corrected chi connectivity index (χ1v) is 7.68. The minimum atomic E-state index is -1.52. The van der Waals surface area contributed by atoms with E-state index in [1.54, 1.807) is 0 Å². The van der Waals surface area contributed by atoms with Gasteiger partial charge in [0.05, 0.1) is 21.5 Å². The number of amides is 1. The lowest BCUT2D eigenvalue weighted by atomic mass is 9.96. The summed E-state index contributed by atoms with van der Waals surface area (Å²) in [4.78, 5) is 32.5. The van der Waals surface area contributed by atoms with Gasteiger partial charge in [-0.2, -0.15) is 0 Å². The fourth-order valence-corrected chi connectivity index (χ4v) is 2.65. The van der Waals surface area contributed by atoms with E-state index in [1.807, 2.05) is 0 Å². The normalized spacial score (nSPS) is 27.8. The highest BCUT2D eigenvalue weighted by atomic mass is 16.7. The number of benzene rings is 1. The van der Waals surface area contributed by atoms with E-state index in [0.29, 0.717) is 6.07 Å². The van der Waals surface area contributed by atoms with Crippen molar-refractivity contribution in [2.45, 2.75) is 30.6 Å². The zero-order chi connectivity index (χ0) is 20.3. The van der Waals surface area contributed by atoms with Crippen molar-refractivity contribution in [2.75, 3.05) is 13.7 Å².